The molecule has 2 heterocycles. The van der Waals surface area contributed by atoms with Crippen molar-refractivity contribution in [2.45, 2.75) is 0 Å². The van der Waals surface area contributed by atoms with Gasteiger partial charge in [-0.3, -0.25) is 4.98 Å². The molecular formula is C11H7N3S. The molecule has 0 amide bonds. The summed E-state index contributed by atoms with van der Waals surface area (Å²) in [6.45, 7) is 0. The van der Waals surface area contributed by atoms with Gasteiger partial charge in [0.2, 0.25) is 0 Å². The highest BCUT2D eigenvalue weighted by molar-refractivity contribution is 7.71. The second-order valence-corrected chi connectivity index (χ2v) is 3.39. The molecule has 0 saturated carbocycles. The van der Waals surface area contributed by atoms with Crippen molar-refractivity contribution >= 4 is 12.2 Å². The van der Waals surface area contributed by atoms with Gasteiger partial charge in [-0.05, 0) is 29.3 Å². The van der Waals surface area contributed by atoms with E-state index in [0.29, 0.717) is 10.2 Å². The molecule has 0 bridgehead atoms. The number of nitrogens with zero attached hydrogens (tertiary/aromatic N) is 2. The van der Waals surface area contributed by atoms with Crippen molar-refractivity contribution in [3.05, 3.63) is 47.0 Å². The van der Waals surface area contributed by atoms with Crippen LogP contribution in [0.4, 0.5) is 0 Å². The number of pyridine rings is 2. The third-order valence-electron chi connectivity index (χ3n) is 2.04. The summed E-state index contributed by atoms with van der Waals surface area (Å²) in [6.07, 6.45) is 5.21. The van der Waals surface area contributed by atoms with Gasteiger partial charge in [0.15, 0.2) is 0 Å². The Morgan fingerprint density at radius 3 is 2.67 bits per heavy atom. The lowest BCUT2D eigenvalue weighted by Crippen LogP contribution is -1.85. The lowest BCUT2D eigenvalue weighted by Gasteiger charge is -2.00. The average Bonchev–Trinajstić information content (AvgIpc) is 2.31. The molecule has 0 aliphatic carbocycles. The van der Waals surface area contributed by atoms with Gasteiger partial charge in [0.1, 0.15) is 10.7 Å². The van der Waals surface area contributed by atoms with Crippen molar-refractivity contribution in [1.82, 2.24) is 9.97 Å². The van der Waals surface area contributed by atoms with Crippen LogP contribution in [-0.2, 0) is 0 Å². The zero-order valence-electron chi connectivity index (χ0n) is 7.77. The highest BCUT2D eigenvalue weighted by atomic mass is 32.1. The minimum Gasteiger partial charge on any atom is -0.351 e. The summed E-state index contributed by atoms with van der Waals surface area (Å²) in [5.41, 5.74) is 2.43. The molecule has 2 aromatic rings. The lowest BCUT2D eigenvalue weighted by atomic mass is 10.1. The molecule has 0 saturated heterocycles. The van der Waals surface area contributed by atoms with Gasteiger partial charge in [0, 0.05) is 18.6 Å². The lowest BCUT2D eigenvalue weighted by molar-refractivity contribution is 1.26. The minimum absolute atomic E-state index is 0.468. The molecule has 15 heavy (non-hydrogen) atoms. The monoisotopic (exact) mass is 213 g/mol. The van der Waals surface area contributed by atoms with E-state index in [0.717, 1.165) is 11.1 Å². The molecule has 3 nitrogen and oxygen atoms in total. The van der Waals surface area contributed by atoms with Crippen LogP contribution < -0.4 is 0 Å². The molecule has 2 aromatic heterocycles. The van der Waals surface area contributed by atoms with E-state index in [9.17, 15) is 0 Å². The first-order chi connectivity index (χ1) is 7.31. The standard InChI is InChI=1S/C11H7N3S/c12-6-9-5-10(7-14-11(9)15)8-1-3-13-4-2-8/h1-5,7H,(H,14,15). The zero-order valence-corrected chi connectivity index (χ0v) is 8.58. The van der Waals surface area contributed by atoms with Crippen LogP contribution in [0.15, 0.2) is 36.8 Å². The topological polar surface area (TPSA) is 52.5 Å². The molecule has 0 aliphatic heterocycles. The predicted molar refractivity (Wildman–Crippen MR) is 59.6 cm³/mol. The van der Waals surface area contributed by atoms with Crippen LogP contribution in [0.1, 0.15) is 5.56 Å². The molecule has 1 N–H and O–H groups in total. The summed E-state index contributed by atoms with van der Waals surface area (Å²) in [5.74, 6) is 0. The molecule has 2 rings (SSSR count). The van der Waals surface area contributed by atoms with Gasteiger partial charge in [-0.1, -0.05) is 12.2 Å². The number of rotatable bonds is 1. The van der Waals surface area contributed by atoms with Gasteiger partial charge >= 0.3 is 0 Å². The Morgan fingerprint density at radius 2 is 2.00 bits per heavy atom. The van der Waals surface area contributed by atoms with E-state index in [-0.39, 0.29) is 0 Å². The van der Waals surface area contributed by atoms with Gasteiger partial charge in [-0.2, -0.15) is 5.26 Å². The Hall–Kier alpha value is -1.99. The predicted octanol–water partition coefficient (Wildman–Crippen LogP) is 2.68. The first-order valence-corrected chi connectivity index (χ1v) is 4.75. The number of hydrogen-bond donors (Lipinski definition) is 1. The van der Waals surface area contributed by atoms with Gasteiger partial charge in [0.05, 0.1) is 5.56 Å². The molecule has 0 atom stereocenters. The van der Waals surface area contributed by atoms with Crippen LogP contribution in [0, 0.1) is 16.0 Å². The quantitative estimate of drug-likeness (QED) is 0.741. The third-order valence-corrected chi connectivity index (χ3v) is 2.38. The van der Waals surface area contributed by atoms with E-state index in [1.807, 2.05) is 12.1 Å². The van der Waals surface area contributed by atoms with Crippen LogP contribution in [0.5, 0.6) is 0 Å². The highest BCUT2D eigenvalue weighted by Gasteiger charge is 2.00. The molecule has 72 valence electrons. The van der Waals surface area contributed by atoms with E-state index >= 15 is 0 Å². The molecular weight excluding hydrogens is 206 g/mol. The summed E-state index contributed by atoms with van der Waals surface area (Å²) in [4.78, 5) is 6.83. The molecule has 0 aliphatic rings. The number of nitrogens with one attached hydrogen (secondary N) is 1. The van der Waals surface area contributed by atoms with Gasteiger partial charge in [-0.15, -0.1) is 0 Å². The van der Waals surface area contributed by atoms with E-state index < -0.39 is 0 Å². The van der Waals surface area contributed by atoms with E-state index in [1.165, 1.54) is 0 Å². The van der Waals surface area contributed by atoms with Crippen molar-refractivity contribution in [3.8, 4) is 17.2 Å². The van der Waals surface area contributed by atoms with Crippen LogP contribution in [-0.4, -0.2) is 9.97 Å². The Morgan fingerprint density at radius 1 is 1.27 bits per heavy atom. The maximum atomic E-state index is 8.84. The molecule has 0 fully saturated rings. The average molecular weight is 213 g/mol. The van der Waals surface area contributed by atoms with Crippen molar-refractivity contribution in [3.63, 3.8) is 0 Å². The van der Waals surface area contributed by atoms with Crippen LogP contribution in [0.25, 0.3) is 11.1 Å². The van der Waals surface area contributed by atoms with Gasteiger partial charge < -0.3 is 4.98 Å². The zero-order chi connectivity index (χ0) is 10.7. The fourth-order valence-corrected chi connectivity index (χ4v) is 1.44. The summed E-state index contributed by atoms with van der Waals surface area (Å²) in [5, 5.41) is 8.84. The summed E-state index contributed by atoms with van der Waals surface area (Å²) < 4.78 is 0.468. The Bertz CT molecular complexity index is 566. The van der Waals surface area contributed by atoms with Crippen molar-refractivity contribution in [2.75, 3.05) is 0 Å². The van der Waals surface area contributed by atoms with Gasteiger partial charge in [0.25, 0.3) is 0 Å². The van der Waals surface area contributed by atoms with Gasteiger partial charge in [-0.25, -0.2) is 0 Å². The largest absolute Gasteiger partial charge is 0.351 e. The molecule has 0 unspecified atom stereocenters. The van der Waals surface area contributed by atoms with Crippen LogP contribution in [0.3, 0.4) is 0 Å². The van der Waals surface area contributed by atoms with E-state index in [4.69, 9.17) is 17.5 Å². The first kappa shape index (κ1) is 9.56. The van der Waals surface area contributed by atoms with Crippen molar-refractivity contribution < 1.29 is 0 Å². The number of aromatic amines is 1. The fourth-order valence-electron chi connectivity index (χ4n) is 1.28. The summed E-state index contributed by atoms with van der Waals surface area (Å²) >= 11 is 4.97. The Balaban J connectivity index is 2.57. The number of hydrogen-bond acceptors (Lipinski definition) is 3. The normalized spacial score (nSPS) is 9.53. The SMILES string of the molecule is N#Cc1cc(-c2ccncc2)c[nH]c1=S. The third kappa shape index (κ3) is 1.92. The molecule has 4 heteroatoms. The molecule has 0 radical (unpaired) electrons. The highest BCUT2D eigenvalue weighted by Crippen LogP contribution is 2.18. The van der Waals surface area contributed by atoms with Crippen LogP contribution in [0.2, 0.25) is 0 Å². The van der Waals surface area contributed by atoms with E-state index in [2.05, 4.69) is 16.0 Å². The second kappa shape index (κ2) is 4.03. The Kier molecular flexibility index (Phi) is 2.57. The number of aromatic nitrogens is 2. The number of H-pyrrole nitrogens is 1. The fraction of sp³-hybridized carbons (Fsp3) is 0. The molecule has 0 spiro atoms. The number of nitriles is 1. The summed E-state index contributed by atoms with van der Waals surface area (Å²) in [7, 11) is 0. The van der Waals surface area contributed by atoms with E-state index in [1.54, 1.807) is 24.7 Å². The second-order valence-electron chi connectivity index (χ2n) is 2.98. The smallest absolute Gasteiger partial charge is 0.121 e. The maximum Gasteiger partial charge on any atom is 0.121 e. The first-order valence-electron chi connectivity index (χ1n) is 4.34. The van der Waals surface area contributed by atoms with Crippen molar-refractivity contribution in [1.29, 1.82) is 5.26 Å². The van der Waals surface area contributed by atoms with Crippen molar-refractivity contribution in [2.24, 2.45) is 0 Å². The van der Waals surface area contributed by atoms with Crippen LogP contribution >= 0.6 is 12.2 Å². The minimum atomic E-state index is 0.468. The summed E-state index contributed by atoms with van der Waals surface area (Å²) in [6, 6.07) is 7.59. The Labute approximate surface area is 92.0 Å². The maximum absolute atomic E-state index is 8.84. The molecule has 0 aromatic carbocycles.